The summed E-state index contributed by atoms with van der Waals surface area (Å²) in [6.07, 6.45) is 6.41. The zero-order chi connectivity index (χ0) is 11.9. The number of carbonyl (C=O) groups excluding carboxylic acids is 1. The van der Waals surface area contributed by atoms with Crippen molar-refractivity contribution in [2.45, 2.75) is 51.7 Å². The molecule has 0 radical (unpaired) electrons. The Morgan fingerprint density at radius 3 is 2.20 bits per heavy atom. The number of rotatable bonds is 6. The molecule has 0 saturated heterocycles. The Bertz CT molecular complexity index is 214. The molecule has 0 amide bonds. The Kier molecular flexibility index (Phi) is 6.06. The molecule has 0 rings (SSSR count). The lowest BCUT2D eigenvalue weighted by atomic mass is 10.2. The molecule has 0 aromatic heterocycles. The van der Waals surface area contributed by atoms with Crippen LogP contribution < -0.4 is 0 Å². The third kappa shape index (κ3) is 5.90. The second kappa shape index (κ2) is 6.23. The zero-order valence-electron chi connectivity index (χ0n) is 10.7. The van der Waals surface area contributed by atoms with E-state index < -0.39 is 8.32 Å². The number of hydrogen-bond acceptors (Lipinski definition) is 2. The van der Waals surface area contributed by atoms with Crippen molar-refractivity contribution < 1.29 is 9.22 Å². The summed E-state index contributed by atoms with van der Waals surface area (Å²) in [6, 6.07) is 0. The van der Waals surface area contributed by atoms with Crippen LogP contribution in [0.15, 0.2) is 12.2 Å². The van der Waals surface area contributed by atoms with Gasteiger partial charge in [-0.2, -0.15) is 0 Å². The molecule has 0 fully saturated rings. The van der Waals surface area contributed by atoms with Crippen molar-refractivity contribution in [2.75, 3.05) is 6.61 Å². The number of hydrogen-bond donors (Lipinski definition) is 0. The molecule has 0 aliphatic rings. The SMILES string of the molecule is CC(C)(C)[Si](C)(C)OCC=CCCC=O. The van der Waals surface area contributed by atoms with E-state index in [0.717, 1.165) is 12.7 Å². The van der Waals surface area contributed by atoms with Crippen molar-refractivity contribution in [1.82, 2.24) is 0 Å². The van der Waals surface area contributed by atoms with Crippen LogP contribution in [0.4, 0.5) is 0 Å². The van der Waals surface area contributed by atoms with Crippen LogP contribution >= 0.6 is 0 Å². The van der Waals surface area contributed by atoms with Gasteiger partial charge in [0.25, 0.3) is 0 Å². The van der Waals surface area contributed by atoms with Crippen molar-refractivity contribution in [3.8, 4) is 0 Å². The number of aldehydes is 1. The summed E-state index contributed by atoms with van der Waals surface area (Å²) in [5, 5.41) is 0.267. The summed E-state index contributed by atoms with van der Waals surface area (Å²) in [4.78, 5) is 10.1. The first-order valence-electron chi connectivity index (χ1n) is 5.54. The van der Waals surface area contributed by atoms with Gasteiger partial charge < -0.3 is 9.22 Å². The summed E-state index contributed by atoms with van der Waals surface area (Å²) in [7, 11) is -1.59. The average molecular weight is 228 g/mol. The van der Waals surface area contributed by atoms with Crippen LogP contribution in [0.2, 0.25) is 18.1 Å². The molecule has 0 N–H and O–H groups in total. The van der Waals surface area contributed by atoms with Crippen LogP contribution in [0.5, 0.6) is 0 Å². The van der Waals surface area contributed by atoms with Crippen molar-refractivity contribution in [2.24, 2.45) is 0 Å². The van der Waals surface area contributed by atoms with Gasteiger partial charge >= 0.3 is 0 Å². The fourth-order valence-corrected chi connectivity index (χ4v) is 1.77. The fourth-order valence-electron chi connectivity index (χ4n) is 0.823. The molecule has 0 saturated carbocycles. The Labute approximate surface area is 94.8 Å². The smallest absolute Gasteiger partial charge is 0.192 e. The van der Waals surface area contributed by atoms with Crippen molar-refractivity contribution in [3.63, 3.8) is 0 Å². The van der Waals surface area contributed by atoms with E-state index in [9.17, 15) is 4.79 Å². The topological polar surface area (TPSA) is 26.3 Å². The lowest BCUT2D eigenvalue weighted by Crippen LogP contribution is -2.40. The molecule has 0 aliphatic carbocycles. The molecule has 3 heteroatoms. The van der Waals surface area contributed by atoms with Crippen LogP contribution in [0.1, 0.15) is 33.6 Å². The van der Waals surface area contributed by atoms with Gasteiger partial charge in [-0.15, -0.1) is 0 Å². The van der Waals surface area contributed by atoms with Gasteiger partial charge in [-0.25, -0.2) is 0 Å². The molecule has 0 aliphatic heterocycles. The van der Waals surface area contributed by atoms with Gasteiger partial charge in [0.2, 0.25) is 0 Å². The van der Waals surface area contributed by atoms with E-state index in [1.165, 1.54) is 0 Å². The minimum Gasteiger partial charge on any atom is -0.413 e. The van der Waals surface area contributed by atoms with Crippen LogP contribution in [-0.4, -0.2) is 21.2 Å². The first kappa shape index (κ1) is 14.6. The van der Waals surface area contributed by atoms with Gasteiger partial charge in [-0.05, 0) is 24.6 Å². The van der Waals surface area contributed by atoms with Crippen LogP contribution in [-0.2, 0) is 9.22 Å². The summed E-state index contributed by atoms with van der Waals surface area (Å²) < 4.78 is 5.94. The highest BCUT2D eigenvalue weighted by atomic mass is 28.4. The molecule has 0 aromatic carbocycles. The highest BCUT2D eigenvalue weighted by Crippen LogP contribution is 2.36. The molecule has 15 heavy (non-hydrogen) atoms. The van der Waals surface area contributed by atoms with Crippen molar-refractivity contribution in [1.29, 1.82) is 0 Å². The van der Waals surface area contributed by atoms with E-state index in [0.29, 0.717) is 13.0 Å². The Balaban J connectivity index is 3.85. The second-order valence-corrected chi connectivity index (χ2v) is 10.1. The van der Waals surface area contributed by atoms with Gasteiger partial charge in [0.1, 0.15) is 6.29 Å². The summed E-state index contributed by atoms with van der Waals surface area (Å²) in [6.45, 7) is 11.9. The Hall–Kier alpha value is -0.413. The molecule has 0 bridgehead atoms. The first-order chi connectivity index (χ1) is 6.81. The van der Waals surface area contributed by atoms with Crippen LogP contribution in [0.3, 0.4) is 0 Å². The first-order valence-corrected chi connectivity index (χ1v) is 8.44. The highest BCUT2D eigenvalue weighted by Gasteiger charge is 2.36. The van der Waals surface area contributed by atoms with Gasteiger partial charge in [-0.3, -0.25) is 0 Å². The van der Waals surface area contributed by atoms with E-state index >= 15 is 0 Å². The number of allylic oxidation sites excluding steroid dienone is 1. The van der Waals surface area contributed by atoms with E-state index in [-0.39, 0.29) is 5.04 Å². The highest BCUT2D eigenvalue weighted by molar-refractivity contribution is 6.74. The van der Waals surface area contributed by atoms with Gasteiger partial charge in [0.05, 0.1) is 6.61 Å². The molecule has 0 aromatic rings. The number of unbranched alkanes of at least 4 members (excludes halogenated alkanes) is 1. The van der Waals surface area contributed by atoms with Crippen LogP contribution in [0.25, 0.3) is 0 Å². The molecule has 0 heterocycles. The lowest BCUT2D eigenvalue weighted by molar-refractivity contribution is -0.107. The third-order valence-electron chi connectivity index (χ3n) is 2.96. The van der Waals surface area contributed by atoms with Gasteiger partial charge in [0.15, 0.2) is 8.32 Å². The third-order valence-corrected chi connectivity index (χ3v) is 7.47. The summed E-state index contributed by atoms with van der Waals surface area (Å²) in [5.41, 5.74) is 0. The zero-order valence-corrected chi connectivity index (χ0v) is 11.7. The fraction of sp³-hybridized carbons (Fsp3) is 0.750. The molecule has 88 valence electrons. The largest absolute Gasteiger partial charge is 0.413 e. The molecule has 0 unspecified atom stereocenters. The minimum atomic E-state index is -1.59. The maximum Gasteiger partial charge on any atom is 0.192 e. The summed E-state index contributed by atoms with van der Waals surface area (Å²) in [5.74, 6) is 0. The lowest BCUT2D eigenvalue weighted by Gasteiger charge is -2.35. The molecule has 2 nitrogen and oxygen atoms in total. The monoisotopic (exact) mass is 228 g/mol. The predicted molar refractivity (Wildman–Crippen MR) is 67.6 cm³/mol. The van der Waals surface area contributed by atoms with Crippen molar-refractivity contribution >= 4 is 14.6 Å². The van der Waals surface area contributed by atoms with Crippen LogP contribution in [0, 0.1) is 0 Å². The molecular weight excluding hydrogens is 204 g/mol. The Morgan fingerprint density at radius 1 is 1.13 bits per heavy atom. The normalized spacial score (nSPS) is 13.4. The molecule has 0 spiro atoms. The number of carbonyl (C=O) groups is 1. The van der Waals surface area contributed by atoms with Gasteiger partial charge in [0, 0.05) is 6.42 Å². The van der Waals surface area contributed by atoms with E-state index in [1.54, 1.807) is 0 Å². The second-order valence-electron chi connectivity index (χ2n) is 5.29. The standard InChI is InChI=1S/C12H24O2Si/c1-12(2,3)15(4,5)14-11-9-7-6-8-10-13/h7,9-10H,6,8,11H2,1-5H3. The molecular formula is C12H24O2Si. The predicted octanol–water partition coefficient (Wildman–Crippen LogP) is 3.54. The quantitative estimate of drug-likeness (QED) is 0.301. The summed E-state index contributed by atoms with van der Waals surface area (Å²) >= 11 is 0. The van der Waals surface area contributed by atoms with Gasteiger partial charge in [-0.1, -0.05) is 32.9 Å². The Morgan fingerprint density at radius 2 is 1.73 bits per heavy atom. The van der Waals surface area contributed by atoms with E-state index in [1.807, 2.05) is 12.2 Å². The molecule has 0 atom stereocenters. The van der Waals surface area contributed by atoms with E-state index in [4.69, 9.17) is 4.43 Å². The van der Waals surface area contributed by atoms with Crippen molar-refractivity contribution in [3.05, 3.63) is 12.2 Å². The maximum absolute atomic E-state index is 10.1. The van der Waals surface area contributed by atoms with E-state index in [2.05, 4.69) is 33.9 Å². The average Bonchev–Trinajstić information content (AvgIpc) is 2.09. The minimum absolute atomic E-state index is 0.267. The maximum atomic E-state index is 10.1.